The van der Waals surface area contributed by atoms with E-state index >= 15 is 8.78 Å². The second-order valence-electron chi connectivity index (χ2n) is 12.1. The summed E-state index contributed by atoms with van der Waals surface area (Å²) in [6, 6.07) is 11.9. The number of para-hydroxylation sites is 1. The zero-order valence-corrected chi connectivity index (χ0v) is 25.6. The molecule has 238 valence electrons. The molecule has 0 bridgehead atoms. The van der Waals surface area contributed by atoms with Crippen molar-refractivity contribution in [3.05, 3.63) is 66.2 Å². The van der Waals surface area contributed by atoms with E-state index in [0.717, 1.165) is 0 Å². The first-order valence-electron chi connectivity index (χ1n) is 14.5. The summed E-state index contributed by atoms with van der Waals surface area (Å²) in [5.74, 6) is -9.81. The number of Topliss-reactive ketones (excluding diaryl/α,β-unsaturated/α-hetero) is 1. The molecule has 1 aliphatic rings. The van der Waals surface area contributed by atoms with E-state index in [4.69, 9.17) is 4.74 Å². The Hall–Kier alpha value is -4.35. The Morgan fingerprint density at radius 3 is 2.09 bits per heavy atom. The third-order valence-corrected chi connectivity index (χ3v) is 6.99. The first kappa shape index (κ1) is 34.1. The van der Waals surface area contributed by atoms with Gasteiger partial charge in [-0.1, -0.05) is 62.4 Å². The molecule has 2 aromatic carbocycles. The molecule has 10 nitrogen and oxygen atoms in total. The SMILES string of the molecule is CC(C)[C@H](NC(=O)OC(C)(C)C)C(=O)N1CCC[C@H]1C(=O)NC(Cc1ccccc1)C(=O)C(F)(F)C(=O)Nc1ccccc1. The molecular formula is C32H40F2N4O6. The Morgan fingerprint density at radius 2 is 1.52 bits per heavy atom. The van der Waals surface area contributed by atoms with E-state index in [1.807, 2.05) is 5.32 Å². The monoisotopic (exact) mass is 614 g/mol. The fraction of sp³-hybridized carbons (Fsp3) is 0.469. The molecule has 1 aliphatic heterocycles. The van der Waals surface area contributed by atoms with Gasteiger partial charge in [0.2, 0.25) is 17.6 Å². The second-order valence-corrected chi connectivity index (χ2v) is 12.1. The summed E-state index contributed by atoms with van der Waals surface area (Å²) in [6.45, 7) is 8.68. The smallest absolute Gasteiger partial charge is 0.408 e. The number of benzene rings is 2. The van der Waals surface area contributed by atoms with Crippen LogP contribution in [0, 0.1) is 5.92 Å². The van der Waals surface area contributed by atoms with E-state index in [9.17, 15) is 24.0 Å². The van der Waals surface area contributed by atoms with Gasteiger partial charge in [-0.15, -0.1) is 0 Å². The summed E-state index contributed by atoms with van der Waals surface area (Å²) >= 11 is 0. The zero-order valence-electron chi connectivity index (χ0n) is 25.6. The van der Waals surface area contributed by atoms with Gasteiger partial charge in [0.05, 0.1) is 6.04 Å². The van der Waals surface area contributed by atoms with Crippen molar-refractivity contribution in [1.82, 2.24) is 15.5 Å². The highest BCUT2D eigenvalue weighted by molar-refractivity contribution is 6.15. The summed E-state index contributed by atoms with van der Waals surface area (Å²) in [4.78, 5) is 66.6. The lowest BCUT2D eigenvalue weighted by molar-refractivity contribution is -0.157. The lowest BCUT2D eigenvalue weighted by Crippen LogP contribution is -2.59. The number of ether oxygens (including phenoxy) is 1. The Balaban J connectivity index is 1.81. The number of carbonyl (C=O) groups excluding carboxylic acids is 5. The maximum absolute atomic E-state index is 15.3. The molecule has 2 aromatic rings. The summed E-state index contributed by atoms with van der Waals surface area (Å²) < 4.78 is 35.9. The number of anilines is 1. The summed E-state index contributed by atoms with van der Waals surface area (Å²) in [6.07, 6.45) is -0.455. The van der Waals surface area contributed by atoms with E-state index in [1.54, 1.807) is 71.0 Å². The van der Waals surface area contributed by atoms with Crippen LogP contribution in [-0.4, -0.2) is 70.7 Å². The minimum Gasteiger partial charge on any atom is -0.444 e. The summed E-state index contributed by atoms with van der Waals surface area (Å²) in [5, 5.41) is 7.02. The third-order valence-electron chi connectivity index (χ3n) is 6.99. The Labute approximate surface area is 255 Å². The summed E-state index contributed by atoms with van der Waals surface area (Å²) in [5.41, 5.74) is -0.245. The fourth-order valence-corrected chi connectivity index (χ4v) is 4.82. The lowest BCUT2D eigenvalue weighted by atomic mass is 9.97. The molecule has 1 saturated heterocycles. The van der Waals surface area contributed by atoms with Gasteiger partial charge in [-0.05, 0) is 57.2 Å². The molecule has 44 heavy (non-hydrogen) atoms. The molecule has 4 amide bonds. The van der Waals surface area contributed by atoms with Crippen LogP contribution in [0.5, 0.6) is 0 Å². The first-order chi connectivity index (χ1) is 20.6. The van der Waals surface area contributed by atoms with E-state index in [2.05, 4.69) is 10.6 Å². The molecule has 0 saturated carbocycles. The van der Waals surface area contributed by atoms with Crippen molar-refractivity contribution >= 4 is 35.3 Å². The minimum absolute atomic E-state index is 0.0772. The number of amides is 4. The van der Waals surface area contributed by atoms with E-state index < -0.39 is 59.2 Å². The van der Waals surface area contributed by atoms with Crippen molar-refractivity contribution in [2.45, 2.75) is 83.5 Å². The van der Waals surface area contributed by atoms with Crippen molar-refractivity contribution in [3.63, 3.8) is 0 Å². The van der Waals surface area contributed by atoms with Gasteiger partial charge in [0.25, 0.3) is 0 Å². The molecular weight excluding hydrogens is 574 g/mol. The predicted molar refractivity (Wildman–Crippen MR) is 160 cm³/mol. The number of ketones is 1. The zero-order chi connectivity index (χ0) is 32.7. The fourth-order valence-electron chi connectivity index (χ4n) is 4.82. The van der Waals surface area contributed by atoms with E-state index in [1.165, 1.54) is 29.2 Å². The number of alkyl carbamates (subject to hydrolysis) is 1. The topological polar surface area (TPSA) is 134 Å². The Kier molecular flexibility index (Phi) is 11.2. The van der Waals surface area contributed by atoms with Gasteiger partial charge >= 0.3 is 17.9 Å². The van der Waals surface area contributed by atoms with E-state index in [0.29, 0.717) is 12.0 Å². The van der Waals surface area contributed by atoms with Gasteiger partial charge in [0.1, 0.15) is 17.7 Å². The average Bonchev–Trinajstić information content (AvgIpc) is 3.45. The van der Waals surface area contributed by atoms with Crippen LogP contribution >= 0.6 is 0 Å². The van der Waals surface area contributed by atoms with Gasteiger partial charge in [0.15, 0.2) is 0 Å². The number of hydrogen-bond donors (Lipinski definition) is 3. The molecule has 0 radical (unpaired) electrons. The number of hydrogen-bond acceptors (Lipinski definition) is 6. The molecule has 1 fully saturated rings. The maximum atomic E-state index is 15.3. The minimum atomic E-state index is -4.48. The van der Waals surface area contributed by atoms with Crippen molar-refractivity contribution in [1.29, 1.82) is 0 Å². The first-order valence-corrected chi connectivity index (χ1v) is 14.5. The number of carbonyl (C=O) groups is 5. The molecule has 0 spiro atoms. The number of alkyl halides is 2. The van der Waals surface area contributed by atoms with Crippen LogP contribution < -0.4 is 16.0 Å². The van der Waals surface area contributed by atoms with Crippen molar-refractivity contribution < 1.29 is 37.5 Å². The van der Waals surface area contributed by atoms with Crippen LogP contribution in [0.2, 0.25) is 0 Å². The quantitative estimate of drug-likeness (QED) is 0.327. The molecule has 3 rings (SSSR count). The van der Waals surface area contributed by atoms with Crippen LogP contribution in [0.4, 0.5) is 19.3 Å². The molecule has 0 aliphatic carbocycles. The number of nitrogens with one attached hydrogen (secondary N) is 3. The van der Waals surface area contributed by atoms with Crippen LogP contribution in [0.1, 0.15) is 53.0 Å². The van der Waals surface area contributed by atoms with Crippen molar-refractivity contribution in [3.8, 4) is 0 Å². The predicted octanol–water partition coefficient (Wildman–Crippen LogP) is 4.10. The highest BCUT2D eigenvalue weighted by Crippen LogP contribution is 2.24. The second kappa shape index (κ2) is 14.4. The largest absolute Gasteiger partial charge is 0.444 e. The lowest BCUT2D eigenvalue weighted by Gasteiger charge is -2.32. The van der Waals surface area contributed by atoms with Crippen LogP contribution in [0.15, 0.2) is 60.7 Å². The molecule has 1 heterocycles. The molecule has 12 heteroatoms. The average molecular weight is 615 g/mol. The maximum Gasteiger partial charge on any atom is 0.408 e. The molecule has 3 N–H and O–H groups in total. The van der Waals surface area contributed by atoms with Crippen LogP contribution in [0.3, 0.4) is 0 Å². The number of halogens is 2. The number of likely N-dealkylation sites (tertiary alicyclic amines) is 1. The normalized spacial score (nSPS) is 16.5. The van der Waals surface area contributed by atoms with Crippen molar-refractivity contribution in [2.75, 3.05) is 11.9 Å². The standard InChI is InChI=1S/C32H40F2N4O6/c1-20(2)25(37-30(43)44-31(3,4)5)28(41)38-18-12-17-24(38)27(40)36-23(19-21-13-8-6-9-14-21)26(39)32(33,34)29(42)35-22-15-10-7-11-16-22/h6-11,13-16,20,23-25H,12,17-19H2,1-5H3,(H,35,42)(H,36,40)(H,37,43)/t23?,24-,25-/m0/s1. The van der Waals surface area contributed by atoms with Crippen molar-refractivity contribution in [2.24, 2.45) is 5.92 Å². The van der Waals surface area contributed by atoms with Gasteiger partial charge in [-0.3, -0.25) is 19.2 Å². The highest BCUT2D eigenvalue weighted by Gasteiger charge is 2.51. The third kappa shape index (κ3) is 9.08. The van der Waals surface area contributed by atoms with Gasteiger partial charge in [-0.2, -0.15) is 8.78 Å². The molecule has 1 unspecified atom stereocenters. The van der Waals surface area contributed by atoms with E-state index in [-0.39, 0.29) is 31.0 Å². The van der Waals surface area contributed by atoms with Gasteiger partial charge in [0, 0.05) is 18.7 Å². The molecule has 3 atom stereocenters. The Morgan fingerprint density at radius 1 is 0.932 bits per heavy atom. The number of rotatable bonds is 11. The Bertz CT molecular complexity index is 1330. The molecule has 0 aromatic heterocycles. The summed E-state index contributed by atoms with van der Waals surface area (Å²) in [7, 11) is 0. The van der Waals surface area contributed by atoms with Crippen LogP contribution in [-0.2, 0) is 30.3 Å². The number of nitrogens with zero attached hydrogens (tertiary/aromatic N) is 1. The highest BCUT2D eigenvalue weighted by atomic mass is 19.3. The van der Waals surface area contributed by atoms with Gasteiger partial charge in [-0.25, -0.2) is 4.79 Å². The van der Waals surface area contributed by atoms with Gasteiger partial charge < -0.3 is 25.6 Å². The van der Waals surface area contributed by atoms with Crippen LogP contribution in [0.25, 0.3) is 0 Å².